The van der Waals surface area contributed by atoms with Crippen LogP contribution < -0.4 is 0 Å². The Bertz CT molecular complexity index is 656. The van der Waals surface area contributed by atoms with Crippen LogP contribution in [0.4, 0.5) is 0 Å². The van der Waals surface area contributed by atoms with E-state index >= 15 is 0 Å². The van der Waals surface area contributed by atoms with E-state index in [1.54, 1.807) is 18.5 Å². The van der Waals surface area contributed by atoms with Crippen LogP contribution in [0.3, 0.4) is 0 Å². The van der Waals surface area contributed by atoms with Gasteiger partial charge in [0.25, 0.3) is 0 Å². The van der Waals surface area contributed by atoms with E-state index in [0.717, 1.165) is 11.8 Å². The van der Waals surface area contributed by atoms with Crippen LogP contribution in [0, 0.1) is 0 Å². The zero-order valence-corrected chi connectivity index (χ0v) is 12.8. The number of carboxylic acid groups (broad SMARTS) is 1. The fraction of sp³-hybridized carbons (Fsp3) is 0.417. The molecule has 108 valence electrons. The molecule has 0 aliphatic heterocycles. The molecular weight excluding hydrogens is 298 g/mol. The van der Waals surface area contributed by atoms with E-state index in [1.165, 1.54) is 0 Å². The van der Waals surface area contributed by atoms with Gasteiger partial charge in [0, 0.05) is 35.0 Å². The molecule has 1 N–H and O–H groups in total. The number of imidazole rings is 1. The maximum atomic E-state index is 11.4. The summed E-state index contributed by atoms with van der Waals surface area (Å²) in [7, 11) is -0.946. The number of rotatable bonds is 6. The highest BCUT2D eigenvalue weighted by atomic mass is 32.2. The number of thioether (sulfide) groups is 1. The Labute approximate surface area is 123 Å². The van der Waals surface area contributed by atoms with Crippen molar-refractivity contribution in [3.63, 3.8) is 0 Å². The largest absolute Gasteiger partial charge is 0.481 e. The Morgan fingerprint density at radius 3 is 3.00 bits per heavy atom. The molecule has 0 fully saturated rings. The van der Waals surface area contributed by atoms with Gasteiger partial charge in [0.15, 0.2) is 10.8 Å². The number of fused-ring (bicyclic) bond motifs is 1. The molecule has 2 unspecified atom stereocenters. The molecule has 0 amide bonds. The molecule has 2 rings (SSSR count). The second-order valence-corrected chi connectivity index (χ2v) is 6.80. The second-order valence-electron chi connectivity index (χ2n) is 4.38. The Hall–Kier alpha value is -1.41. The molecule has 0 aromatic carbocycles. The molecule has 2 aromatic rings. The Balaban J connectivity index is 2.43. The summed E-state index contributed by atoms with van der Waals surface area (Å²) < 4.78 is 13.3. The average Bonchev–Trinajstić information content (AvgIpc) is 2.73. The lowest BCUT2D eigenvalue weighted by atomic mass is 10.4. The number of pyridine rings is 1. The summed E-state index contributed by atoms with van der Waals surface area (Å²) in [5.41, 5.74) is 1.41. The predicted octanol–water partition coefficient (Wildman–Crippen LogP) is 1.55. The van der Waals surface area contributed by atoms with Crippen LogP contribution in [0.25, 0.3) is 11.2 Å². The van der Waals surface area contributed by atoms with E-state index in [4.69, 9.17) is 5.11 Å². The van der Waals surface area contributed by atoms with Gasteiger partial charge in [-0.2, -0.15) is 0 Å². The third kappa shape index (κ3) is 3.37. The first-order valence-electron chi connectivity index (χ1n) is 5.96. The fourth-order valence-electron chi connectivity index (χ4n) is 1.95. The minimum absolute atomic E-state index is 0.0583. The van der Waals surface area contributed by atoms with Crippen LogP contribution in [0.2, 0.25) is 0 Å². The van der Waals surface area contributed by atoms with Crippen LogP contribution in [-0.4, -0.2) is 47.6 Å². The van der Waals surface area contributed by atoms with Gasteiger partial charge in [0.05, 0.1) is 5.75 Å². The van der Waals surface area contributed by atoms with Crippen molar-refractivity contribution in [3.05, 3.63) is 18.3 Å². The van der Waals surface area contributed by atoms with Gasteiger partial charge in [-0.1, -0.05) is 11.8 Å². The van der Waals surface area contributed by atoms with Gasteiger partial charge in [0.2, 0.25) is 0 Å². The van der Waals surface area contributed by atoms with Gasteiger partial charge >= 0.3 is 5.97 Å². The zero-order chi connectivity index (χ0) is 14.7. The van der Waals surface area contributed by atoms with Crippen LogP contribution in [0.5, 0.6) is 0 Å². The van der Waals surface area contributed by atoms with Gasteiger partial charge in [-0.25, -0.2) is 9.97 Å². The SMILES string of the molecule is CC(CS(C)=O)n1c(SCC(=O)O)nc2cccnc21. The van der Waals surface area contributed by atoms with Crippen LogP contribution in [0.15, 0.2) is 23.5 Å². The van der Waals surface area contributed by atoms with Crippen molar-refractivity contribution in [2.24, 2.45) is 0 Å². The quantitative estimate of drug-likeness (QED) is 0.814. The minimum Gasteiger partial charge on any atom is -0.481 e. The molecule has 0 bridgehead atoms. The lowest BCUT2D eigenvalue weighted by molar-refractivity contribution is -0.133. The van der Waals surface area contributed by atoms with E-state index < -0.39 is 16.8 Å². The first-order chi connectivity index (χ1) is 9.49. The summed E-state index contributed by atoms with van der Waals surface area (Å²) in [5.74, 6) is -0.484. The predicted molar refractivity (Wildman–Crippen MR) is 79.5 cm³/mol. The third-order valence-electron chi connectivity index (χ3n) is 2.66. The van der Waals surface area contributed by atoms with Crippen molar-refractivity contribution < 1.29 is 14.1 Å². The molecule has 0 aliphatic carbocycles. The molecule has 20 heavy (non-hydrogen) atoms. The normalized spacial score (nSPS) is 14.3. The molecule has 0 aliphatic rings. The van der Waals surface area contributed by atoms with Crippen LogP contribution in [-0.2, 0) is 15.6 Å². The topological polar surface area (TPSA) is 85.1 Å². The first-order valence-corrected chi connectivity index (χ1v) is 8.68. The van der Waals surface area contributed by atoms with E-state index in [0.29, 0.717) is 22.1 Å². The standard InChI is InChI=1S/C12H15N3O3S2/c1-8(7-20(2)18)15-11-9(4-3-5-13-11)14-12(15)19-6-10(16)17/h3-5,8H,6-7H2,1-2H3,(H,16,17). The number of aliphatic carboxylic acids is 1. The summed E-state index contributed by atoms with van der Waals surface area (Å²) in [6.07, 6.45) is 3.31. The fourth-order valence-corrected chi connectivity index (χ4v) is 3.60. The van der Waals surface area contributed by atoms with Gasteiger partial charge in [0.1, 0.15) is 5.52 Å². The smallest absolute Gasteiger partial charge is 0.313 e. The van der Waals surface area contributed by atoms with Gasteiger partial charge in [-0.3, -0.25) is 13.6 Å². The van der Waals surface area contributed by atoms with E-state index in [-0.39, 0.29) is 11.8 Å². The van der Waals surface area contributed by atoms with Gasteiger partial charge in [-0.15, -0.1) is 0 Å². The number of nitrogens with zero attached hydrogens (tertiary/aromatic N) is 3. The summed E-state index contributed by atoms with van der Waals surface area (Å²) >= 11 is 1.15. The van der Waals surface area contributed by atoms with Crippen molar-refractivity contribution in [3.8, 4) is 0 Å². The molecule has 2 heterocycles. The molecule has 8 heteroatoms. The zero-order valence-electron chi connectivity index (χ0n) is 11.1. The molecule has 2 atom stereocenters. The molecule has 0 saturated heterocycles. The summed E-state index contributed by atoms with van der Waals surface area (Å²) in [6, 6.07) is 3.56. The molecular formula is C12H15N3O3S2. The Morgan fingerprint density at radius 2 is 2.35 bits per heavy atom. The second kappa shape index (κ2) is 6.36. The molecule has 0 radical (unpaired) electrons. The van der Waals surface area contributed by atoms with Crippen molar-refractivity contribution in [1.29, 1.82) is 0 Å². The molecule has 0 spiro atoms. The number of aromatic nitrogens is 3. The maximum absolute atomic E-state index is 11.4. The molecule has 6 nitrogen and oxygen atoms in total. The number of hydrogen-bond donors (Lipinski definition) is 1. The van der Waals surface area contributed by atoms with Crippen LogP contribution >= 0.6 is 11.8 Å². The van der Waals surface area contributed by atoms with E-state index in [1.807, 2.05) is 17.6 Å². The highest BCUT2D eigenvalue weighted by molar-refractivity contribution is 7.99. The monoisotopic (exact) mass is 313 g/mol. The summed E-state index contributed by atoms with van der Waals surface area (Å²) in [5, 5.41) is 9.40. The lowest BCUT2D eigenvalue weighted by Gasteiger charge is -2.15. The number of carboxylic acids is 1. The van der Waals surface area contributed by atoms with Gasteiger partial charge in [-0.05, 0) is 19.1 Å². The van der Waals surface area contributed by atoms with Crippen molar-refractivity contribution in [2.75, 3.05) is 17.8 Å². The third-order valence-corrected chi connectivity index (χ3v) is 4.55. The van der Waals surface area contributed by atoms with Crippen molar-refractivity contribution in [1.82, 2.24) is 14.5 Å². The molecule has 2 aromatic heterocycles. The number of hydrogen-bond acceptors (Lipinski definition) is 5. The average molecular weight is 313 g/mol. The Kier molecular flexibility index (Phi) is 4.77. The number of carbonyl (C=O) groups is 1. The minimum atomic E-state index is -0.946. The van der Waals surface area contributed by atoms with Crippen molar-refractivity contribution in [2.45, 2.75) is 18.1 Å². The summed E-state index contributed by atoms with van der Waals surface area (Å²) in [4.78, 5) is 19.4. The highest BCUT2D eigenvalue weighted by Gasteiger charge is 2.18. The van der Waals surface area contributed by atoms with Gasteiger partial charge < -0.3 is 5.11 Å². The first kappa shape index (κ1) is 15.0. The lowest BCUT2D eigenvalue weighted by Crippen LogP contribution is -2.14. The highest BCUT2D eigenvalue weighted by Crippen LogP contribution is 2.26. The van der Waals surface area contributed by atoms with E-state index in [2.05, 4.69) is 9.97 Å². The summed E-state index contributed by atoms with van der Waals surface area (Å²) in [6.45, 7) is 1.93. The van der Waals surface area contributed by atoms with Crippen LogP contribution in [0.1, 0.15) is 13.0 Å². The maximum Gasteiger partial charge on any atom is 0.313 e. The van der Waals surface area contributed by atoms with E-state index in [9.17, 15) is 9.00 Å². The van der Waals surface area contributed by atoms with Crippen molar-refractivity contribution >= 4 is 39.7 Å². The Morgan fingerprint density at radius 1 is 1.60 bits per heavy atom. The molecule has 0 saturated carbocycles.